The third-order valence-corrected chi connectivity index (χ3v) is 0.315. The summed E-state index contributed by atoms with van der Waals surface area (Å²) < 4.78 is 11.6. The Labute approximate surface area is 32.7 Å². The van der Waals surface area contributed by atoms with E-state index in [0.29, 0.717) is 0 Å². The van der Waals surface area contributed by atoms with Gasteiger partial charge in [0.2, 0.25) is 0 Å². The first-order valence-electron chi connectivity index (χ1n) is 0.940. The molecule has 1 unspecified atom stereocenters. The summed E-state index contributed by atoms with van der Waals surface area (Å²) in [6, 6.07) is 0. The molecule has 0 aromatic carbocycles. The van der Waals surface area contributed by atoms with E-state index in [1.807, 2.05) is 0 Å². The molecular weight excluding hydrogens is 90.1 g/mol. The molecule has 0 aliphatic rings. The van der Waals surface area contributed by atoms with Gasteiger partial charge in [-0.3, -0.25) is 0 Å². The SMILES string of the molecule is C[S+]([O-])N=O. The van der Waals surface area contributed by atoms with Gasteiger partial charge in [0.15, 0.2) is 4.58 Å². The molecule has 5 heavy (non-hydrogen) atoms. The van der Waals surface area contributed by atoms with Crippen molar-refractivity contribution >= 4 is 11.4 Å². The van der Waals surface area contributed by atoms with Crippen LogP contribution in [0.1, 0.15) is 0 Å². The third kappa shape index (κ3) is 3.91. The summed E-state index contributed by atoms with van der Waals surface area (Å²) in [7, 11) is 0. The summed E-state index contributed by atoms with van der Waals surface area (Å²) in [5, 5.41) is 0. The first-order valence-corrected chi connectivity index (χ1v) is 2.46. The topological polar surface area (TPSA) is 52.5 Å². The second-order valence-corrected chi connectivity index (χ2v) is 1.49. The molecule has 0 aliphatic carbocycles. The molecule has 0 saturated heterocycles. The van der Waals surface area contributed by atoms with E-state index in [1.54, 1.807) is 0 Å². The van der Waals surface area contributed by atoms with Crippen LogP contribution in [0.2, 0.25) is 0 Å². The highest BCUT2D eigenvalue weighted by molar-refractivity contribution is 7.89. The molecule has 0 amide bonds. The molecule has 0 fully saturated rings. The van der Waals surface area contributed by atoms with Gasteiger partial charge in [0, 0.05) is 0 Å². The molecule has 0 aliphatic heterocycles. The van der Waals surface area contributed by atoms with Crippen LogP contribution in [0.3, 0.4) is 0 Å². The van der Waals surface area contributed by atoms with Gasteiger partial charge in [-0.1, -0.05) is 4.91 Å². The Bertz CT molecular complexity index is 36.6. The molecule has 1 atom stereocenters. The average molecular weight is 93.1 g/mol. The second-order valence-electron chi connectivity index (χ2n) is 0.498. The summed E-state index contributed by atoms with van der Waals surface area (Å²) in [6.45, 7) is 0. The van der Waals surface area contributed by atoms with Crippen molar-refractivity contribution in [3.8, 4) is 0 Å². The molecule has 0 spiro atoms. The predicted molar refractivity (Wildman–Crippen MR) is 19.9 cm³/mol. The zero-order valence-electron chi connectivity index (χ0n) is 2.67. The van der Waals surface area contributed by atoms with Crippen molar-refractivity contribution in [2.24, 2.45) is 4.58 Å². The van der Waals surface area contributed by atoms with E-state index in [4.69, 9.17) is 4.91 Å². The number of hydrogen-bond donors (Lipinski definition) is 0. The van der Waals surface area contributed by atoms with Gasteiger partial charge in [0.25, 0.3) is 0 Å². The lowest BCUT2D eigenvalue weighted by Crippen LogP contribution is -1.84. The second kappa shape index (κ2) is 2.17. The van der Waals surface area contributed by atoms with Crippen molar-refractivity contribution in [1.29, 1.82) is 0 Å². The number of hydrogen-bond acceptors (Lipinski definition) is 3. The highest BCUT2D eigenvalue weighted by Crippen LogP contribution is 1.76. The lowest BCUT2D eigenvalue weighted by atomic mass is 12.0. The first kappa shape index (κ1) is 4.91. The molecule has 3 nitrogen and oxygen atoms in total. The van der Waals surface area contributed by atoms with Crippen LogP contribution in [0.15, 0.2) is 4.58 Å². The molecule has 0 saturated carbocycles. The van der Waals surface area contributed by atoms with Crippen molar-refractivity contribution in [2.75, 3.05) is 6.26 Å². The minimum absolute atomic E-state index is 1.22. The normalized spacial score (nSPS) is 14.0. The lowest BCUT2D eigenvalue weighted by Gasteiger charge is -1.80. The summed E-state index contributed by atoms with van der Waals surface area (Å²) >= 11 is -1.50. The fourth-order valence-electron chi connectivity index (χ4n) is 0. The van der Waals surface area contributed by atoms with Crippen LogP contribution in [-0.4, -0.2) is 10.8 Å². The summed E-state index contributed by atoms with van der Waals surface area (Å²) in [5.74, 6) is 0. The van der Waals surface area contributed by atoms with Crippen molar-refractivity contribution < 1.29 is 4.55 Å². The number of nitroso groups, excluding NO2 is 1. The first-order chi connectivity index (χ1) is 2.27. The van der Waals surface area contributed by atoms with Crippen molar-refractivity contribution in [1.82, 2.24) is 0 Å². The Hall–Kier alpha value is -0.0900. The maximum atomic E-state index is 9.44. The molecule has 0 aromatic heterocycles. The molecule has 0 radical (unpaired) electrons. The fourth-order valence-corrected chi connectivity index (χ4v) is 0. The van der Waals surface area contributed by atoms with Gasteiger partial charge in [-0.25, -0.2) is 0 Å². The Kier molecular flexibility index (Phi) is 2.13. The van der Waals surface area contributed by atoms with Crippen molar-refractivity contribution in [2.45, 2.75) is 0 Å². The van der Waals surface area contributed by atoms with Gasteiger partial charge in [-0.2, -0.15) is 0 Å². The standard InChI is InChI=1S/CH3NO2S/c1-5(4)2-3/h1H3. The van der Waals surface area contributed by atoms with E-state index >= 15 is 0 Å². The molecule has 0 aromatic rings. The van der Waals surface area contributed by atoms with E-state index in [2.05, 4.69) is 4.58 Å². The maximum absolute atomic E-state index is 9.44. The van der Waals surface area contributed by atoms with E-state index < -0.39 is 11.4 Å². The van der Waals surface area contributed by atoms with Crippen LogP contribution in [0, 0.1) is 4.91 Å². The van der Waals surface area contributed by atoms with Gasteiger partial charge >= 0.3 is 0 Å². The van der Waals surface area contributed by atoms with Gasteiger partial charge in [0.1, 0.15) is 17.6 Å². The summed E-state index contributed by atoms with van der Waals surface area (Å²) in [5.41, 5.74) is 0. The Morgan fingerprint density at radius 1 is 2.00 bits per heavy atom. The molecule has 0 rings (SSSR count). The van der Waals surface area contributed by atoms with E-state index in [0.717, 1.165) is 0 Å². The Morgan fingerprint density at radius 2 is 2.20 bits per heavy atom. The highest BCUT2D eigenvalue weighted by Gasteiger charge is 1.84. The van der Waals surface area contributed by atoms with Crippen LogP contribution in [0.5, 0.6) is 0 Å². The van der Waals surface area contributed by atoms with Crippen LogP contribution in [0.25, 0.3) is 0 Å². The monoisotopic (exact) mass is 93.0 g/mol. The van der Waals surface area contributed by atoms with Crippen LogP contribution >= 0.6 is 0 Å². The largest absolute Gasteiger partial charge is 0.589 e. The molecule has 4 heteroatoms. The molecule has 30 valence electrons. The molecular formula is CH3NO2S. The maximum Gasteiger partial charge on any atom is 0.167 e. The summed E-state index contributed by atoms with van der Waals surface area (Å²) in [6.07, 6.45) is 1.22. The summed E-state index contributed by atoms with van der Waals surface area (Å²) in [4.78, 5) is 8.95. The zero-order chi connectivity index (χ0) is 4.28. The third-order valence-electron chi connectivity index (χ3n) is 0.105. The molecule has 0 heterocycles. The average Bonchev–Trinajstić information content (AvgIpc) is 1.38. The van der Waals surface area contributed by atoms with Crippen molar-refractivity contribution in [3.05, 3.63) is 4.91 Å². The zero-order valence-corrected chi connectivity index (χ0v) is 3.49. The molecule has 0 bridgehead atoms. The van der Waals surface area contributed by atoms with Gasteiger partial charge in [-0.05, 0) is 0 Å². The van der Waals surface area contributed by atoms with Crippen LogP contribution in [0.4, 0.5) is 0 Å². The smallest absolute Gasteiger partial charge is 0.167 e. The van der Waals surface area contributed by atoms with E-state index in [-0.39, 0.29) is 0 Å². The van der Waals surface area contributed by atoms with E-state index in [1.165, 1.54) is 6.26 Å². The minimum atomic E-state index is -1.50. The lowest BCUT2D eigenvalue weighted by molar-refractivity contribution is 0.602. The van der Waals surface area contributed by atoms with E-state index in [9.17, 15) is 4.55 Å². The predicted octanol–water partition coefficient (Wildman–Crippen LogP) is 0.0463. The highest BCUT2D eigenvalue weighted by atomic mass is 32.2. The number of rotatable bonds is 1. The van der Waals surface area contributed by atoms with Crippen LogP contribution < -0.4 is 0 Å². The number of nitrogens with zero attached hydrogens (tertiary/aromatic N) is 1. The fraction of sp³-hybridized carbons (Fsp3) is 1.00. The van der Waals surface area contributed by atoms with Gasteiger partial charge in [-0.15, -0.1) is 0 Å². The van der Waals surface area contributed by atoms with Gasteiger partial charge in [0.05, 0.1) is 0 Å². The Balaban J connectivity index is 2.83. The quantitative estimate of drug-likeness (QED) is 0.339. The minimum Gasteiger partial charge on any atom is -0.589 e. The molecule has 0 N–H and O–H groups in total. The van der Waals surface area contributed by atoms with Gasteiger partial charge < -0.3 is 4.55 Å². The van der Waals surface area contributed by atoms with Crippen molar-refractivity contribution in [3.63, 3.8) is 0 Å². The Morgan fingerprint density at radius 3 is 2.20 bits per heavy atom. The van der Waals surface area contributed by atoms with Crippen LogP contribution in [-0.2, 0) is 11.4 Å².